The number of aromatic amines is 1. The SMILES string of the molecule is CCOc1cccc(C(=O)N2CCN(Cc3cnc[nH]3)c3ccc(-c4ccccc4)cc3C2)c1. The number of nitrogens with one attached hydrogen (secondary N) is 1. The maximum Gasteiger partial charge on any atom is 0.254 e. The molecule has 1 aliphatic heterocycles. The summed E-state index contributed by atoms with van der Waals surface area (Å²) in [6.07, 6.45) is 3.55. The van der Waals surface area contributed by atoms with Crippen molar-refractivity contribution in [1.29, 1.82) is 0 Å². The van der Waals surface area contributed by atoms with Crippen LogP contribution in [0.2, 0.25) is 0 Å². The number of benzene rings is 3. The number of aromatic nitrogens is 2. The Kier molecular flexibility index (Phi) is 6.29. The molecule has 0 bridgehead atoms. The molecule has 0 saturated heterocycles. The predicted molar refractivity (Wildman–Crippen MR) is 134 cm³/mol. The van der Waals surface area contributed by atoms with Gasteiger partial charge in [0, 0.05) is 37.1 Å². The van der Waals surface area contributed by atoms with Crippen LogP contribution in [0.3, 0.4) is 0 Å². The molecular weight excluding hydrogens is 424 g/mol. The first-order valence-corrected chi connectivity index (χ1v) is 11.6. The zero-order valence-corrected chi connectivity index (χ0v) is 19.3. The van der Waals surface area contributed by atoms with E-state index in [1.54, 1.807) is 6.33 Å². The van der Waals surface area contributed by atoms with E-state index in [9.17, 15) is 4.79 Å². The Labute approximate surface area is 199 Å². The van der Waals surface area contributed by atoms with E-state index in [0.717, 1.165) is 40.4 Å². The molecule has 2 heterocycles. The van der Waals surface area contributed by atoms with Crippen LogP contribution >= 0.6 is 0 Å². The van der Waals surface area contributed by atoms with Gasteiger partial charge in [0.1, 0.15) is 5.75 Å². The van der Waals surface area contributed by atoms with Crippen LogP contribution in [-0.4, -0.2) is 40.5 Å². The fraction of sp³-hybridized carbons (Fsp3) is 0.214. The Morgan fingerprint density at radius 3 is 2.68 bits per heavy atom. The van der Waals surface area contributed by atoms with E-state index < -0.39 is 0 Å². The molecule has 0 unspecified atom stereocenters. The number of anilines is 1. The Hall–Kier alpha value is -4.06. The highest BCUT2D eigenvalue weighted by Crippen LogP contribution is 2.32. The average molecular weight is 453 g/mol. The number of nitrogens with zero attached hydrogens (tertiary/aromatic N) is 3. The maximum absolute atomic E-state index is 13.5. The zero-order valence-electron chi connectivity index (χ0n) is 19.3. The van der Waals surface area contributed by atoms with Crippen LogP contribution in [0.5, 0.6) is 5.75 Å². The fourth-order valence-corrected chi connectivity index (χ4v) is 4.46. The van der Waals surface area contributed by atoms with Crippen LogP contribution in [0.25, 0.3) is 11.1 Å². The number of rotatable bonds is 6. The fourth-order valence-electron chi connectivity index (χ4n) is 4.46. The van der Waals surface area contributed by atoms with Crippen molar-refractivity contribution in [3.05, 3.63) is 102 Å². The molecule has 3 aromatic carbocycles. The van der Waals surface area contributed by atoms with E-state index in [2.05, 4.69) is 45.2 Å². The van der Waals surface area contributed by atoms with Gasteiger partial charge in [-0.15, -0.1) is 0 Å². The lowest BCUT2D eigenvalue weighted by atomic mass is 10.0. The van der Waals surface area contributed by atoms with Crippen molar-refractivity contribution >= 4 is 11.6 Å². The number of carbonyl (C=O) groups is 1. The number of ether oxygens (including phenoxy) is 1. The van der Waals surface area contributed by atoms with Crippen LogP contribution in [0.15, 0.2) is 85.3 Å². The van der Waals surface area contributed by atoms with Crippen molar-refractivity contribution in [2.75, 3.05) is 24.6 Å². The van der Waals surface area contributed by atoms with Gasteiger partial charge in [0.05, 0.1) is 25.2 Å². The molecule has 5 rings (SSSR count). The molecule has 1 N–H and O–H groups in total. The minimum Gasteiger partial charge on any atom is -0.494 e. The number of hydrogen-bond acceptors (Lipinski definition) is 4. The summed E-state index contributed by atoms with van der Waals surface area (Å²) in [5, 5.41) is 0. The molecule has 172 valence electrons. The van der Waals surface area contributed by atoms with Crippen molar-refractivity contribution < 1.29 is 9.53 Å². The monoisotopic (exact) mass is 452 g/mol. The van der Waals surface area contributed by atoms with Gasteiger partial charge in [-0.05, 0) is 53.9 Å². The van der Waals surface area contributed by atoms with Crippen molar-refractivity contribution in [3.63, 3.8) is 0 Å². The third-order valence-corrected chi connectivity index (χ3v) is 6.12. The van der Waals surface area contributed by atoms with Crippen LogP contribution in [0.4, 0.5) is 5.69 Å². The summed E-state index contributed by atoms with van der Waals surface area (Å²) in [6, 6.07) is 24.4. The van der Waals surface area contributed by atoms with Crippen molar-refractivity contribution in [3.8, 4) is 16.9 Å². The molecule has 1 aromatic heterocycles. The van der Waals surface area contributed by atoms with Gasteiger partial charge in [-0.3, -0.25) is 4.79 Å². The molecular formula is C28H28N4O2. The Balaban J connectivity index is 1.49. The third kappa shape index (κ3) is 4.66. The van der Waals surface area contributed by atoms with E-state index in [1.807, 2.05) is 60.5 Å². The normalized spacial score (nSPS) is 13.3. The zero-order chi connectivity index (χ0) is 23.3. The lowest BCUT2D eigenvalue weighted by Gasteiger charge is -2.24. The van der Waals surface area contributed by atoms with Crippen LogP contribution in [0, 0.1) is 0 Å². The van der Waals surface area contributed by atoms with E-state index in [-0.39, 0.29) is 5.91 Å². The van der Waals surface area contributed by atoms with Crippen molar-refractivity contribution in [2.24, 2.45) is 0 Å². The van der Waals surface area contributed by atoms with Gasteiger partial charge in [-0.25, -0.2) is 4.98 Å². The van der Waals surface area contributed by atoms with Crippen LogP contribution in [-0.2, 0) is 13.1 Å². The first-order chi connectivity index (χ1) is 16.7. The maximum atomic E-state index is 13.5. The number of amides is 1. The smallest absolute Gasteiger partial charge is 0.254 e. The first-order valence-electron chi connectivity index (χ1n) is 11.6. The Morgan fingerprint density at radius 1 is 1.00 bits per heavy atom. The highest BCUT2D eigenvalue weighted by molar-refractivity contribution is 5.95. The second-order valence-corrected chi connectivity index (χ2v) is 8.40. The molecule has 0 radical (unpaired) electrons. The van der Waals surface area contributed by atoms with Crippen LogP contribution in [0.1, 0.15) is 28.5 Å². The summed E-state index contributed by atoms with van der Waals surface area (Å²) < 4.78 is 5.62. The van der Waals surface area contributed by atoms with Gasteiger partial charge in [0.15, 0.2) is 0 Å². The highest BCUT2D eigenvalue weighted by Gasteiger charge is 2.25. The van der Waals surface area contributed by atoms with Crippen LogP contribution < -0.4 is 9.64 Å². The molecule has 6 nitrogen and oxygen atoms in total. The van der Waals surface area contributed by atoms with E-state index in [1.165, 1.54) is 0 Å². The number of H-pyrrole nitrogens is 1. The summed E-state index contributed by atoms with van der Waals surface area (Å²) in [4.78, 5) is 25.2. The number of carbonyl (C=O) groups excluding carboxylic acids is 1. The lowest BCUT2D eigenvalue weighted by molar-refractivity contribution is 0.0751. The second-order valence-electron chi connectivity index (χ2n) is 8.40. The molecule has 0 aliphatic carbocycles. The number of hydrogen-bond donors (Lipinski definition) is 1. The molecule has 0 fully saturated rings. The summed E-state index contributed by atoms with van der Waals surface area (Å²) in [5.41, 5.74) is 6.28. The Morgan fingerprint density at radius 2 is 1.88 bits per heavy atom. The highest BCUT2D eigenvalue weighted by atomic mass is 16.5. The molecule has 1 aliphatic rings. The second kappa shape index (κ2) is 9.83. The molecule has 0 spiro atoms. The largest absolute Gasteiger partial charge is 0.494 e. The molecule has 4 aromatic rings. The summed E-state index contributed by atoms with van der Waals surface area (Å²) >= 11 is 0. The molecule has 0 saturated carbocycles. The molecule has 34 heavy (non-hydrogen) atoms. The quantitative estimate of drug-likeness (QED) is 0.440. The first kappa shape index (κ1) is 21.8. The average Bonchev–Trinajstić information content (AvgIpc) is 3.32. The number of imidazole rings is 1. The van der Waals surface area contributed by atoms with Gasteiger partial charge >= 0.3 is 0 Å². The van der Waals surface area contributed by atoms with E-state index >= 15 is 0 Å². The van der Waals surface area contributed by atoms with E-state index in [0.29, 0.717) is 31.8 Å². The minimum atomic E-state index is 0.0148. The molecule has 6 heteroatoms. The topological polar surface area (TPSA) is 61.5 Å². The minimum absolute atomic E-state index is 0.0148. The van der Waals surface area contributed by atoms with Gasteiger partial charge in [-0.2, -0.15) is 0 Å². The summed E-state index contributed by atoms with van der Waals surface area (Å²) in [5.74, 6) is 0.733. The van der Waals surface area contributed by atoms with Gasteiger partial charge < -0.3 is 19.5 Å². The lowest BCUT2D eigenvalue weighted by Crippen LogP contribution is -2.35. The third-order valence-electron chi connectivity index (χ3n) is 6.12. The number of fused-ring (bicyclic) bond motifs is 1. The standard InChI is InChI=1S/C28H28N4O2/c1-2-34-26-10-6-9-23(16-26)28(33)32-14-13-31(19-25-17-29-20-30-25)27-12-11-22(15-24(27)18-32)21-7-4-3-5-8-21/h3-12,15-17,20H,2,13-14,18-19H2,1H3,(H,29,30). The van der Waals surface area contributed by atoms with Gasteiger partial charge in [0.2, 0.25) is 0 Å². The van der Waals surface area contributed by atoms with Gasteiger partial charge in [-0.1, -0.05) is 42.5 Å². The van der Waals surface area contributed by atoms with Crippen molar-refractivity contribution in [1.82, 2.24) is 14.9 Å². The van der Waals surface area contributed by atoms with E-state index in [4.69, 9.17) is 4.74 Å². The summed E-state index contributed by atoms with van der Waals surface area (Å²) in [7, 11) is 0. The molecule has 1 amide bonds. The van der Waals surface area contributed by atoms with Gasteiger partial charge in [0.25, 0.3) is 5.91 Å². The Bertz CT molecular complexity index is 1250. The summed E-state index contributed by atoms with van der Waals surface area (Å²) in [6.45, 7) is 5.12. The predicted octanol–water partition coefficient (Wildman–Crippen LogP) is 5.14. The molecule has 0 atom stereocenters. The van der Waals surface area contributed by atoms with Crippen molar-refractivity contribution in [2.45, 2.75) is 20.0 Å².